The fourth-order valence-electron chi connectivity index (χ4n) is 1.80. The van der Waals surface area contributed by atoms with Gasteiger partial charge in [0.1, 0.15) is 0 Å². The minimum absolute atomic E-state index is 0. The Morgan fingerprint density at radius 3 is 2.82 bits per heavy atom. The molecule has 4 heteroatoms. The number of nitrogens with one attached hydrogen (secondary N) is 1. The van der Waals surface area contributed by atoms with Gasteiger partial charge in [0.05, 0.1) is 6.07 Å². The van der Waals surface area contributed by atoms with Crippen molar-refractivity contribution in [1.82, 2.24) is 4.98 Å². The number of aryl methyl sites for hydroxylation is 1. The van der Waals surface area contributed by atoms with E-state index < -0.39 is 0 Å². The van der Waals surface area contributed by atoms with Crippen molar-refractivity contribution in [3.8, 4) is 6.07 Å². The van der Waals surface area contributed by atoms with Crippen molar-refractivity contribution >= 4 is 6.08 Å². The van der Waals surface area contributed by atoms with E-state index >= 15 is 0 Å². The summed E-state index contributed by atoms with van der Waals surface area (Å²) in [6.07, 6.45) is 6.46. The monoisotopic (exact) mass is 445 g/mol. The number of aliphatic hydroxyl groups excluding tert-OH is 1. The zero-order valence-corrected chi connectivity index (χ0v) is 15.2. The van der Waals surface area contributed by atoms with E-state index in [-0.39, 0.29) is 50.7 Å². The summed E-state index contributed by atoms with van der Waals surface area (Å²) >= 11 is 0. The van der Waals surface area contributed by atoms with Gasteiger partial charge in [-0.1, -0.05) is 6.92 Å². The first-order valence-corrected chi connectivity index (χ1v) is 5.61. The molecule has 0 saturated heterocycles. The van der Waals surface area contributed by atoms with Crippen molar-refractivity contribution in [2.75, 3.05) is 6.61 Å². The van der Waals surface area contributed by atoms with Gasteiger partial charge in [0, 0.05) is 68.1 Å². The first-order chi connectivity index (χ1) is 7.72. The summed E-state index contributed by atoms with van der Waals surface area (Å²) < 4.78 is 0. The Morgan fingerprint density at radius 1 is 1.59 bits per heavy atom. The molecule has 0 spiro atoms. The summed E-state index contributed by atoms with van der Waals surface area (Å²) in [6, 6.07) is 2.12. The topological polar surface area (TPSA) is 59.8 Å². The summed E-state index contributed by atoms with van der Waals surface area (Å²) in [5.41, 5.74) is 4.22. The number of hydrogen-bond acceptors (Lipinski definition) is 2. The number of aliphatic hydroxyl groups is 1. The Hall–Kier alpha value is -0.0884. The first-order valence-electron chi connectivity index (χ1n) is 5.61. The molecule has 0 aliphatic heterocycles. The summed E-state index contributed by atoms with van der Waals surface area (Å²) in [5, 5.41) is 17.6. The fraction of sp³-hybridized carbons (Fsp3) is 0.462. The predicted molar refractivity (Wildman–Crippen MR) is 64.8 cm³/mol. The summed E-state index contributed by atoms with van der Waals surface area (Å²) in [7, 11) is 0. The Bertz CT molecular complexity index is 416. The molecule has 1 aromatic heterocycles. The Morgan fingerprint density at radius 2 is 2.29 bits per heavy atom. The van der Waals surface area contributed by atoms with Crippen LogP contribution in [0.1, 0.15) is 37.1 Å². The summed E-state index contributed by atoms with van der Waals surface area (Å²) in [6.45, 7) is 4.12. The predicted octanol–water partition coefficient (Wildman–Crippen LogP) is 2.43. The zero-order valence-electron chi connectivity index (χ0n) is 10.5. The molecule has 0 aliphatic rings. The average molecular weight is 445 g/mol. The van der Waals surface area contributed by atoms with Gasteiger partial charge in [-0.15, -0.1) is 0 Å². The standard InChI is InChI=1S/C13H18N2O.Ac/c1-3-12-11(5-4-6-16)9-15-13(12)7-10(2)8-14;/h7,9,15-16H,3-6H2,1-2H3;/b10-7-;. The Balaban J connectivity index is 0.00000256. The average Bonchev–Trinajstić information content (AvgIpc) is 2.68. The third-order valence-electron chi connectivity index (χ3n) is 2.61. The number of allylic oxidation sites excluding steroid dienone is 1. The SMILES string of the molecule is CCc1c(CCCO)c[nH]c1/C=C(/C)C#N.[Ac]. The molecule has 0 bridgehead atoms. The van der Waals surface area contributed by atoms with Crippen molar-refractivity contribution in [3.63, 3.8) is 0 Å². The third kappa shape index (κ3) is 4.96. The molecule has 1 aromatic rings. The van der Waals surface area contributed by atoms with Gasteiger partial charge in [-0.2, -0.15) is 5.26 Å². The number of aromatic nitrogens is 1. The van der Waals surface area contributed by atoms with Crippen LogP contribution in [0, 0.1) is 55.4 Å². The summed E-state index contributed by atoms with van der Waals surface area (Å²) in [4.78, 5) is 3.19. The Labute approximate surface area is 138 Å². The van der Waals surface area contributed by atoms with Crippen LogP contribution >= 0.6 is 0 Å². The van der Waals surface area contributed by atoms with Crippen molar-refractivity contribution in [3.05, 3.63) is 28.6 Å². The molecule has 3 nitrogen and oxygen atoms in total. The normalized spacial score (nSPS) is 10.8. The van der Waals surface area contributed by atoms with E-state index in [4.69, 9.17) is 10.4 Å². The first kappa shape index (κ1) is 16.9. The molecule has 1 rings (SSSR count). The van der Waals surface area contributed by atoms with Crippen LogP contribution in [-0.2, 0) is 12.8 Å². The third-order valence-corrected chi connectivity index (χ3v) is 2.61. The number of hydrogen-bond donors (Lipinski definition) is 2. The maximum atomic E-state index is 8.82. The number of H-pyrrole nitrogens is 1. The molecule has 0 saturated carbocycles. The molecule has 1 heterocycles. The fourth-order valence-corrected chi connectivity index (χ4v) is 1.80. The molecule has 89 valence electrons. The van der Waals surface area contributed by atoms with Gasteiger partial charge < -0.3 is 10.1 Å². The molecule has 1 radical (unpaired) electrons. The molecule has 0 fully saturated rings. The molecule has 17 heavy (non-hydrogen) atoms. The van der Waals surface area contributed by atoms with Gasteiger partial charge in [-0.05, 0) is 43.4 Å². The van der Waals surface area contributed by atoms with Crippen molar-refractivity contribution < 1.29 is 49.2 Å². The zero-order chi connectivity index (χ0) is 12.0. The van der Waals surface area contributed by atoms with Crippen LogP contribution in [0.3, 0.4) is 0 Å². The summed E-state index contributed by atoms with van der Waals surface area (Å²) in [5.74, 6) is 0. The number of nitrogens with zero attached hydrogens (tertiary/aromatic N) is 1. The van der Waals surface area contributed by atoms with Gasteiger partial charge in [0.2, 0.25) is 0 Å². The second-order valence-corrected chi connectivity index (χ2v) is 3.83. The molecule has 0 aromatic carbocycles. The molecular formula is C13H18AcN2O. The van der Waals surface area contributed by atoms with Crippen LogP contribution in [0.2, 0.25) is 0 Å². The maximum Gasteiger partial charge on any atom is 0.0944 e. The second kappa shape index (κ2) is 8.92. The van der Waals surface area contributed by atoms with E-state index in [0.29, 0.717) is 5.57 Å². The van der Waals surface area contributed by atoms with Crippen LogP contribution in [0.5, 0.6) is 0 Å². The van der Waals surface area contributed by atoms with Crippen molar-refractivity contribution in [2.24, 2.45) is 0 Å². The van der Waals surface area contributed by atoms with Gasteiger partial charge in [0.25, 0.3) is 0 Å². The minimum Gasteiger partial charge on any atom is -0.396 e. The van der Waals surface area contributed by atoms with Crippen LogP contribution in [0.4, 0.5) is 0 Å². The Kier molecular flexibility index (Phi) is 8.88. The minimum atomic E-state index is 0. The van der Waals surface area contributed by atoms with Gasteiger partial charge in [0.15, 0.2) is 0 Å². The van der Waals surface area contributed by atoms with E-state index in [0.717, 1.165) is 25.0 Å². The quantitative estimate of drug-likeness (QED) is 0.685. The largest absolute Gasteiger partial charge is 0.396 e. The molecule has 2 N–H and O–H groups in total. The number of aromatic amines is 1. The molecule has 0 amide bonds. The molecular weight excluding hydrogens is 427 g/mol. The second-order valence-electron chi connectivity index (χ2n) is 3.83. The van der Waals surface area contributed by atoms with Gasteiger partial charge >= 0.3 is 0 Å². The van der Waals surface area contributed by atoms with E-state index in [2.05, 4.69) is 18.0 Å². The smallest absolute Gasteiger partial charge is 0.0944 e. The molecule has 0 atom stereocenters. The maximum absolute atomic E-state index is 8.82. The van der Waals surface area contributed by atoms with E-state index in [1.807, 2.05) is 12.3 Å². The number of nitriles is 1. The van der Waals surface area contributed by atoms with Gasteiger partial charge in [-0.3, -0.25) is 0 Å². The van der Waals surface area contributed by atoms with Crippen LogP contribution in [0.25, 0.3) is 6.08 Å². The molecule has 0 aliphatic carbocycles. The van der Waals surface area contributed by atoms with Crippen LogP contribution in [-0.4, -0.2) is 16.7 Å². The molecule has 0 unspecified atom stereocenters. The van der Waals surface area contributed by atoms with E-state index in [1.54, 1.807) is 6.92 Å². The van der Waals surface area contributed by atoms with E-state index in [1.165, 1.54) is 11.1 Å². The van der Waals surface area contributed by atoms with Crippen molar-refractivity contribution in [1.29, 1.82) is 5.26 Å². The number of rotatable bonds is 5. The van der Waals surface area contributed by atoms with Crippen molar-refractivity contribution in [2.45, 2.75) is 33.1 Å². The van der Waals surface area contributed by atoms with Crippen LogP contribution in [0.15, 0.2) is 11.8 Å². The van der Waals surface area contributed by atoms with Gasteiger partial charge in [-0.25, -0.2) is 0 Å². The van der Waals surface area contributed by atoms with E-state index in [9.17, 15) is 0 Å². The van der Waals surface area contributed by atoms with Crippen LogP contribution < -0.4 is 0 Å².